The minimum absolute atomic E-state index is 0.0927. The zero-order valence-corrected chi connectivity index (χ0v) is 15.6. The largest absolute Gasteiger partial charge is 0.762 e. The van der Waals surface area contributed by atoms with Crippen molar-refractivity contribution in [1.82, 2.24) is 5.32 Å². The SMILES string of the molecule is Cc1ccc[n+](C2C(c3ccccc3[N+](=O)[O-])C(C#N)=C([S-])NC2(C)O)c1. The van der Waals surface area contributed by atoms with Gasteiger partial charge in [0.05, 0.1) is 16.9 Å². The van der Waals surface area contributed by atoms with Gasteiger partial charge in [0, 0.05) is 28.8 Å². The Labute approximate surface area is 162 Å². The number of para-hydroxylation sites is 1. The maximum atomic E-state index is 11.6. The van der Waals surface area contributed by atoms with E-state index >= 15 is 0 Å². The number of rotatable bonds is 3. The molecule has 0 saturated carbocycles. The lowest BCUT2D eigenvalue weighted by Gasteiger charge is -2.43. The second kappa shape index (κ2) is 6.95. The number of aromatic nitrogens is 1. The van der Waals surface area contributed by atoms with E-state index in [1.54, 1.807) is 35.9 Å². The van der Waals surface area contributed by atoms with Gasteiger partial charge in [-0.3, -0.25) is 10.1 Å². The van der Waals surface area contributed by atoms with Crippen LogP contribution in [0.1, 0.15) is 30.0 Å². The quantitative estimate of drug-likeness (QED) is 0.365. The highest BCUT2D eigenvalue weighted by Crippen LogP contribution is 2.44. The van der Waals surface area contributed by atoms with E-state index in [1.807, 2.05) is 25.3 Å². The number of pyridine rings is 1. The van der Waals surface area contributed by atoms with E-state index in [9.17, 15) is 20.5 Å². The number of aryl methyl sites for hydroxylation is 1. The zero-order valence-electron chi connectivity index (χ0n) is 14.8. The first-order valence-electron chi connectivity index (χ1n) is 8.29. The van der Waals surface area contributed by atoms with Crippen LogP contribution in [0.15, 0.2) is 59.4 Å². The van der Waals surface area contributed by atoms with Crippen LogP contribution in [-0.4, -0.2) is 15.8 Å². The van der Waals surface area contributed by atoms with E-state index in [4.69, 9.17) is 12.6 Å². The second-order valence-electron chi connectivity index (χ2n) is 6.69. The summed E-state index contributed by atoms with van der Waals surface area (Å²) in [4.78, 5) is 11.1. The fraction of sp³-hybridized carbons (Fsp3) is 0.263. The summed E-state index contributed by atoms with van der Waals surface area (Å²) >= 11 is 5.28. The van der Waals surface area contributed by atoms with Crippen molar-refractivity contribution in [2.75, 3.05) is 0 Å². The van der Waals surface area contributed by atoms with Crippen LogP contribution in [0.3, 0.4) is 0 Å². The van der Waals surface area contributed by atoms with Gasteiger partial charge in [-0.2, -0.15) is 9.83 Å². The van der Waals surface area contributed by atoms with Crippen molar-refractivity contribution in [2.45, 2.75) is 31.5 Å². The van der Waals surface area contributed by atoms with E-state index in [2.05, 4.69) is 11.4 Å². The molecular formula is C19H18N4O3S. The summed E-state index contributed by atoms with van der Waals surface area (Å²) in [5.41, 5.74) is -0.174. The smallest absolute Gasteiger partial charge is 0.273 e. The molecule has 7 nitrogen and oxygen atoms in total. The van der Waals surface area contributed by atoms with E-state index < -0.39 is 22.6 Å². The van der Waals surface area contributed by atoms with E-state index in [0.717, 1.165) is 5.56 Å². The maximum absolute atomic E-state index is 11.6. The van der Waals surface area contributed by atoms with Crippen LogP contribution in [0.25, 0.3) is 0 Å². The highest BCUT2D eigenvalue weighted by Gasteiger charge is 2.51. The molecule has 0 amide bonds. The van der Waals surface area contributed by atoms with Crippen LogP contribution in [0.5, 0.6) is 0 Å². The van der Waals surface area contributed by atoms with Crippen LogP contribution in [0.2, 0.25) is 0 Å². The van der Waals surface area contributed by atoms with Gasteiger partial charge in [0.15, 0.2) is 18.1 Å². The van der Waals surface area contributed by atoms with E-state index in [-0.39, 0.29) is 16.3 Å². The molecule has 2 heterocycles. The summed E-state index contributed by atoms with van der Waals surface area (Å²) in [6, 6.07) is 11.3. The van der Waals surface area contributed by atoms with Crippen LogP contribution in [0.4, 0.5) is 5.69 Å². The molecule has 138 valence electrons. The molecule has 1 aromatic carbocycles. The number of benzene rings is 1. The molecule has 0 aliphatic carbocycles. The summed E-state index contributed by atoms with van der Waals surface area (Å²) in [6.07, 6.45) is 3.59. The molecule has 8 heteroatoms. The molecule has 0 fully saturated rings. The molecule has 0 spiro atoms. The minimum Gasteiger partial charge on any atom is -0.762 e. The van der Waals surface area contributed by atoms with Gasteiger partial charge in [-0.15, -0.1) is 0 Å². The number of nitrogens with zero attached hydrogens (tertiary/aromatic N) is 3. The van der Waals surface area contributed by atoms with Gasteiger partial charge in [-0.05, 0) is 19.9 Å². The number of nitro benzene ring substituents is 1. The Kier molecular flexibility index (Phi) is 4.83. The summed E-state index contributed by atoms with van der Waals surface area (Å²) in [5, 5.41) is 35.3. The Hall–Kier alpha value is -3.02. The van der Waals surface area contributed by atoms with Crippen molar-refractivity contribution in [3.63, 3.8) is 0 Å². The van der Waals surface area contributed by atoms with Crippen molar-refractivity contribution < 1.29 is 14.6 Å². The topological polar surface area (TPSA) is 103 Å². The molecule has 2 aromatic rings. The third-order valence-electron chi connectivity index (χ3n) is 4.69. The zero-order chi connectivity index (χ0) is 19.8. The number of aliphatic hydroxyl groups is 1. The maximum Gasteiger partial charge on any atom is 0.273 e. The summed E-state index contributed by atoms with van der Waals surface area (Å²) < 4.78 is 1.77. The van der Waals surface area contributed by atoms with E-state index in [0.29, 0.717) is 5.56 Å². The molecule has 3 rings (SSSR count). The third-order valence-corrected chi connectivity index (χ3v) is 5.02. The standard InChI is InChI=1S/C19H18N4O3S/c1-12-6-5-9-22(11-12)17-16(13-7-3-4-8-15(13)23(25)26)14(10-20)18(27)21-19(17,2)24/h3-9,11,16-17,21,24H,1-2H3. The lowest BCUT2D eigenvalue weighted by molar-refractivity contribution is -0.741. The molecule has 2 N–H and O–H groups in total. The average Bonchev–Trinajstić information content (AvgIpc) is 2.60. The van der Waals surface area contributed by atoms with Crippen molar-refractivity contribution >= 4 is 18.3 Å². The molecule has 1 aromatic heterocycles. The molecule has 1 aliphatic heterocycles. The highest BCUT2D eigenvalue weighted by molar-refractivity contribution is 7.63. The number of nitrogens with one attached hydrogen (secondary N) is 1. The van der Waals surface area contributed by atoms with Crippen LogP contribution in [0, 0.1) is 28.4 Å². The Balaban J connectivity index is 2.32. The summed E-state index contributed by atoms with van der Waals surface area (Å²) in [6.45, 7) is 3.45. The Morgan fingerprint density at radius 1 is 1.37 bits per heavy atom. The van der Waals surface area contributed by atoms with Crippen molar-refractivity contribution in [3.8, 4) is 6.07 Å². The first-order valence-corrected chi connectivity index (χ1v) is 8.69. The van der Waals surface area contributed by atoms with Gasteiger partial charge >= 0.3 is 0 Å². The number of hydrogen-bond acceptors (Lipinski definition) is 6. The van der Waals surface area contributed by atoms with Crippen LogP contribution < -0.4 is 9.88 Å². The minimum atomic E-state index is -1.52. The Morgan fingerprint density at radius 3 is 2.70 bits per heavy atom. The van der Waals surface area contributed by atoms with Gasteiger partial charge in [-0.25, -0.2) is 0 Å². The van der Waals surface area contributed by atoms with Crippen LogP contribution in [-0.2, 0) is 12.6 Å². The van der Waals surface area contributed by atoms with Crippen LogP contribution >= 0.6 is 0 Å². The normalized spacial score (nSPS) is 24.8. The van der Waals surface area contributed by atoms with Gasteiger partial charge in [0.1, 0.15) is 0 Å². The molecule has 0 bridgehead atoms. The predicted octanol–water partition coefficient (Wildman–Crippen LogP) is 2.11. The van der Waals surface area contributed by atoms with E-state index in [1.165, 1.54) is 6.07 Å². The fourth-order valence-electron chi connectivity index (χ4n) is 3.61. The number of nitriles is 1. The third kappa shape index (κ3) is 3.35. The number of allylic oxidation sites excluding steroid dienone is 1. The highest BCUT2D eigenvalue weighted by atomic mass is 32.1. The Morgan fingerprint density at radius 2 is 2.07 bits per heavy atom. The van der Waals surface area contributed by atoms with Gasteiger partial charge in [-0.1, -0.05) is 23.2 Å². The average molecular weight is 382 g/mol. The van der Waals surface area contributed by atoms with Gasteiger partial charge in [0.25, 0.3) is 5.69 Å². The van der Waals surface area contributed by atoms with Crippen molar-refractivity contribution in [1.29, 1.82) is 5.26 Å². The first-order chi connectivity index (χ1) is 12.8. The second-order valence-corrected chi connectivity index (χ2v) is 7.10. The monoisotopic (exact) mass is 382 g/mol. The molecule has 3 atom stereocenters. The molecular weight excluding hydrogens is 364 g/mol. The lowest BCUT2D eigenvalue weighted by atomic mass is 9.77. The van der Waals surface area contributed by atoms with Crippen molar-refractivity contribution in [3.05, 3.63) is 80.6 Å². The first kappa shape index (κ1) is 18.8. The number of hydrogen-bond donors (Lipinski definition) is 2. The Bertz CT molecular complexity index is 981. The fourth-order valence-corrected chi connectivity index (χ4v) is 3.99. The summed E-state index contributed by atoms with van der Waals surface area (Å²) in [7, 11) is 0. The molecule has 0 saturated heterocycles. The van der Waals surface area contributed by atoms with Crippen molar-refractivity contribution in [2.24, 2.45) is 0 Å². The molecule has 3 unspecified atom stereocenters. The predicted molar refractivity (Wildman–Crippen MR) is 100 cm³/mol. The number of nitro groups is 1. The van der Waals surface area contributed by atoms with Gasteiger partial charge in [0.2, 0.25) is 6.04 Å². The summed E-state index contributed by atoms with van der Waals surface area (Å²) in [5.74, 6) is -0.785. The molecule has 1 aliphatic rings. The molecule has 0 radical (unpaired) electrons. The van der Waals surface area contributed by atoms with Gasteiger partial charge < -0.3 is 23.1 Å². The molecule has 27 heavy (non-hydrogen) atoms. The lowest BCUT2D eigenvalue weighted by Crippen LogP contribution is -2.63.